The Hall–Kier alpha value is -1.84. The zero-order chi connectivity index (χ0) is 21.3. The Labute approximate surface area is 177 Å². The number of hydrogen-bond acceptors (Lipinski definition) is 2. The average molecular weight is 404 g/mol. The molecule has 0 spiro atoms. The minimum atomic E-state index is -0.979. The SMILES string of the molecule is CCCCCCCCCCCCCCCCC(=O)Nc1cc(C(=O)O)ccc1C. The van der Waals surface area contributed by atoms with Gasteiger partial charge in [-0.25, -0.2) is 4.79 Å². The maximum absolute atomic E-state index is 12.1. The molecule has 0 bridgehead atoms. The van der Waals surface area contributed by atoms with Crippen LogP contribution in [0.3, 0.4) is 0 Å². The van der Waals surface area contributed by atoms with Crippen molar-refractivity contribution >= 4 is 17.6 Å². The summed E-state index contributed by atoms with van der Waals surface area (Å²) in [5, 5.41) is 11.9. The Morgan fingerprint density at radius 3 is 1.76 bits per heavy atom. The van der Waals surface area contributed by atoms with Crippen molar-refractivity contribution in [2.75, 3.05) is 5.32 Å². The predicted molar refractivity (Wildman–Crippen MR) is 122 cm³/mol. The smallest absolute Gasteiger partial charge is 0.335 e. The maximum atomic E-state index is 12.1. The lowest BCUT2D eigenvalue weighted by molar-refractivity contribution is -0.116. The van der Waals surface area contributed by atoms with E-state index in [4.69, 9.17) is 5.11 Å². The molecule has 0 saturated carbocycles. The van der Waals surface area contributed by atoms with Crippen molar-refractivity contribution in [1.82, 2.24) is 0 Å². The molecule has 0 aliphatic heterocycles. The van der Waals surface area contributed by atoms with E-state index in [-0.39, 0.29) is 11.5 Å². The van der Waals surface area contributed by atoms with Crippen LogP contribution in [0.25, 0.3) is 0 Å². The molecule has 0 aliphatic rings. The van der Waals surface area contributed by atoms with Gasteiger partial charge in [0.15, 0.2) is 0 Å². The Kier molecular flexibility index (Phi) is 13.9. The van der Waals surface area contributed by atoms with Gasteiger partial charge < -0.3 is 10.4 Å². The molecular formula is C25H41NO3. The van der Waals surface area contributed by atoms with Crippen LogP contribution in [0.2, 0.25) is 0 Å². The van der Waals surface area contributed by atoms with Gasteiger partial charge in [0.25, 0.3) is 0 Å². The van der Waals surface area contributed by atoms with Crippen molar-refractivity contribution in [3.05, 3.63) is 29.3 Å². The highest BCUT2D eigenvalue weighted by Crippen LogP contribution is 2.18. The molecule has 0 heterocycles. The van der Waals surface area contributed by atoms with E-state index in [2.05, 4.69) is 12.2 Å². The predicted octanol–water partition coefficient (Wildman–Crippen LogP) is 7.50. The first kappa shape index (κ1) is 25.2. The highest BCUT2D eigenvalue weighted by molar-refractivity contribution is 5.94. The zero-order valence-corrected chi connectivity index (χ0v) is 18.6. The van der Waals surface area contributed by atoms with E-state index in [1.165, 1.54) is 83.1 Å². The van der Waals surface area contributed by atoms with Crippen LogP contribution < -0.4 is 5.32 Å². The first-order chi connectivity index (χ1) is 14.0. The molecule has 0 saturated heterocycles. The van der Waals surface area contributed by atoms with Crippen molar-refractivity contribution < 1.29 is 14.7 Å². The molecule has 1 aromatic rings. The number of aromatic carboxylic acids is 1. The average Bonchev–Trinajstić information content (AvgIpc) is 2.69. The first-order valence-corrected chi connectivity index (χ1v) is 11.7. The van der Waals surface area contributed by atoms with E-state index in [1.54, 1.807) is 12.1 Å². The number of hydrogen-bond donors (Lipinski definition) is 2. The van der Waals surface area contributed by atoms with Crippen LogP contribution in [-0.4, -0.2) is 17.0 Å². The first-order valence-electron chi connectivity index (χ1n) is 11.7. The standard InChI is InChI=1S/C25H41NO3/c1-3-4-5-6-7-8-9-10-11-12-13-14-15-16-17-24(27)26-23-20-22(25(28)29)19-18-21(23)2/h18-20H,3-17H2,1-2H3,(H,26,27)(H,28,29). The third kappa shape index (κ3) is 12.4. The Balaban J connectivity index is 1.99. The highest BCUT2D eigenvalue weighted by atomic mass is 16.4. The quantitative estimate of drug-likeness (QED) is 0.265. The van der Waals surface area contributed by atoms with E-state index in [0.29, 0.717) is 12.1 Å². The van der Waals surface area contributed by atoms with Crippen LogP contribution in [0.5, 0.6) is 0 Å². The molecule has 4 heteroatoms. The molecule has 0 unspecified atom stereocenters. The molecular weight excluding hydrogens is 362 g/mol. The van der Waals surface area contributed by atoms with Gasteiger partial charge in [-0.15, -0.1) is 0 Å². The second kappa shape index (κ2) is 16.0. The number of carboxylic acid groups (broad SMARTS) is 1. The van der Waals surface area contributed by atoms with Gasteiger partial charge in [-0.2, -0.15) is 0 Å². The van der Waals surface area contributed by atoms with Gasteiger partial charge in [-0.3, -0.25) is 4.79 Å². The molecule has 0 fully saturated rings. The summed E-state index contributed by atoms with van der Waals surface area (Å²) in [6.45, 7) is 4.13. The molecule has 1 aromatic carbocycles. The number of carbonyl (C=O) groups excluding carboxylic acids is 1. The van der Waals surface area contributed by atoms with E-state index in [9.17, 15) is 9.59 Å². The maximum Gasteiger partial charge on any atom is 0.335 e. The van der Waals surface area contributed by atoms with Crippen molar-refractivity contribution in [3.8, 4) is 0 Å². The van der Waals surface area contributed by atoms with Crippen molar-refractivity contribution in [3.63, 3.8) is 0 Å². The summed E-state index contributed by atoms with van der Waals surface area (Å²) < 4.78 is 0. The topological polar surface area (TPSA) is 66.4 Å². The number of carboxylic acids is 1. The molecule has 0 radical (unpaired) electrons. The van der Waals surface area contributed by atoms with Crippen LogP contribution in [0.4, 0.5) is 5.69 Å². The second-order valence-corrected chi connectivity index (χ2v) is 8.23. The van der Waals surface area contributed by atoms with Gasteiger partial charge >= 0.3 is 5.97 Å². The van der Waals surface area contributed by atoms with E-state index in [1.807, 2.05) is 6.92 Å². The number of nitrogens with one attached hydrogen (secondary N) is 1. The zero-order valence-electron chi connectivity index (χ0n) is 18.6. The fraction of sp³-hybridized carbons (Fsp3) is 0.680. The number of carbonyl (C=O) groups is 2. The molecule has 0 atom stereocenters. The van der Waals surface area contributed by atoms with Crippen LogP contribution in [0.1, 0.15) is 119 Å². The monoisotopic (exact) mass is 403 g/mol. The number of unbranched alkanes of at least 4 members (excludes halogenated alkanes) is 13. The molecule has 29 heavy (non-hydrogen) atoms. The normalized spacial score (nSPS) is 10.8. The summed E-state index contributed by atoms with van der Waals surface area (Å²) in [6, 6.07) is 4.81. The van der Waals surface area contributed by atoms with Gasteiger partial charge in [-0.1, -0.05) is 96.5 Å². The second-order valence-electron chi connectivity index (χ2n) is 8.23. The summed E-state index contributed by atoms with van der Waals surface area (Å²) in [7, 11) is 0. The molecule has 2 N–H and O–H groups in total. The molecule has 164 valence electrons. The van der Waals surface area contributed by atoms with Crippen LogP contribution in [-0.2, 0) is 4.79 Å². The number of rotatable bonds is 17. The fourth-order valence-electron chi connectivity index (χ4n) is 3.58. The molecule has 1 rings (SSSR count). The van der Waals surface area contributed by atoms with Crippen molar-refractivity contribution in [1.29, 1.82) is 0 Å². The number of amides is 1. The minimum Gasteiger partial charge on any atom is -0.478 e. The lowest BCUT2D eigenvalue weighted by Crippen LogP contribution is -2.12. The largest absolute Gasteiger partial charge is 0.478 e. The van der Waals surface area contributed by atoms with Gasteiger partial charge in [0, 0.05) is 12.1 Å². The fourth-order valence-corrected chi connectivity index (χ4v) is 3.58. The minimum absolute atomic E-state index is 0.0328. The molecule has 0 aliphatic carbocycles. The summed E-state index contributed by atoms with van der Waals surface area (Å²) in [6.07, 6.45) is 18.7. The van der Waals surface area contributed by atoms with E-state index < -0.39 is 5.97 Å². The van der Waals surface area contributed by atoms with Crippen LogP contribution in [0, 0.1) is 6.92 Å². The third-order valence-electron chi connectivity index (χ3n) is 5.52. The Morgan fingerprint density at radius 1 is 0.793 bits per heavy atom. The van der Waals surface area contributed by atoms with Gasteiger partial charge in [0.1, 0.15) is 0 Å². The number of aryl methyl sites for hydroxylation is 1. The Morgan fingerprint density at radius 2 is 1.28 bits per heavy atom. The number of anilines is 1. The Bertz CT molecular complexity index is 598. The van der Waals surface area contributed by atoms with Crippen LogP contribution >= 0.6 is 0 Å². The van der Waals surface area contributed by atoms with Gasteiger partial charge in [-0.05, 0) is 31.0 Å². The summed E-state index contributed by atoms with van der Waals surface area (Å²) >= 11 is 0. The molecule has 0 aromatic heterocycles. The van der Waals surface area contributed by atoms with E-state index >= 15 is 0 Å². The molecule has 1 amide bonds. The lowest BCUT2D eigenvalue weighted by Gasteiger charge is -2.09. The lowest BCUT2D eigenvalue weighted by atomic mass is 10.0. The van der Waals surface area contributed by atoms with Crippen molar-refractivity contribution in [2.45, 2.75) is 110 Å². The highest BCUT2D eigenvalue weighted by Gasteiger charge is 2.09. The van der Waals surface area contributed by atoms with Crippen molar-refractivity contribution in [2.24, 2.45) is 0 Å². The van der Waals surface area contributed by atoms with Crippen LogP contribution in [0.15, 0.2) is 18.2 Å². The van der Waals surface area contributed by atoms with E-state index in [0.717, 1.165) is 18.4 Å². The van der Waals surface area contributed by atoms with Gasteiger partial charge in [0.05, 0.1) is 5.56 Å². The summed E-state index contributed by atoms with van der Waals surface area (Å²) in [5.41, 5.74) is 1.67. The third-order valence-corrected chi connectivity index (χ3v) is 5.52. The van der Waals surface area contributed by atoms with Gasteiger partial charge in [0.2, 0.25) is 5.91 Å². The number of benzene rings is 1. The summed E-state index contributed by atoms with van der Waals surface area (Å²) in [5.74, 6) is -1.01. The summed E-state index contributed by atoms with van der Waals surface area (Å²) in [4.78, 5) is 23.2. The molecule has 4 nitrogen and oxygen atoms in total.